The van der Waals surface area contributed by atoms with Crippen molar-refractivity contribution >= 4 is 33.5 Å². The summed E-state index contributed by atoms with van der Waals surface area (Å²) in [6.07, 6.45) is 2.83. The fraction of sp³-hybridized carbons (Fsp3) is 0.538. The summed E-state index contributed by atoms with van der Waals surface area (Å²) in [5.41, 5.74) is 1.11. The number of halogens is 1. The lowest BCUT2D eigenvalue weighted by Crippen LogP contribution is -2.34. The molecule has 7 nitrogen and oxygen atoms in total. The number of nitrogens with zero attached hydrogens (tertiary/aromatic N) is 3. The largest absolute Gasteiger partial charge is 0.336 e. The number of nitrogens with one attached hydrogen (secondary N) is 1. The molecule has 2 aromatic rings. The summed E-state index contributed by atoms with van der Waals surface area (Å²) in [5.74, 6) is 0. The first-order valence-electron chi connectivity index (χ1n) is 7.08. The summed E-state index contributed by atoms with van der Waals surface area (Å²) in [6.45, 7) is 4.46. The van der Waals surface area contributed by atoms with Gasteiger partial charge in [0.25, 0.3) is 5.71 Å². The molecule has 1 fully saturated rings. The van der Waals surface area contributed by atoms with Crippen LogP contribution in [0, 0.1) is 0 Å². The molecule has 0 spiro atoms. The van der Waals surface area contributed by atoms with Gasteiger partial charge in [-0.05, 0) is 25.5 Å². The van der Waals surface area contributed by atoms with Gasteiger partial charge in [-0.25, -0.2) is 13.4 Å². The standard InChI is InChI=1S/C13H18N4O3S.ClH/c1-2-12-11-8-10(9-15-13(11)20-16-12)21(18,19)17-6-3-4-14-5-7-17;/h8-9,14H,2-7H2,1H3;1H. The van der Waals surface area contributed by atoms with Crippen LogP contribution in [0.25, 0.3) is 11.1 Å². The van der Waals surface area contributed by atoms with Crippen molar-refractivity contribution in [2.45, 2.75) is 24.7 Å². The van der Waals surface area contributed by atoms with Crippen molar-refractivity contribution < 1.29 is 12.9 Å². The van der Waals surface area contributed by atoms with Crippen LogP contribution in [0.1, 0.15) is 19.0 Å². The maximum atomic E-state index is 12.7. The van der Waals surface area contributed by atoms with Crippen molar-refractivity contribution in [2.75, 3.05) is 26.2 Å². The van der Waals surface area contributed by atoms with Crippen molar-refractivity contribution in [2.24, 2.45) is 0 Å². The summed E-state index contributed by atoms with van der Waals surface area (Å²) in [4.78, 5) is 4.29. The minimum Gasteiger partial charge on any atom is -0.336 e. The lowest BCUT2D eigenvalue weighted by Gasteiger charge is -2.19. The van der Waals surface area contributed by atoms with Crippen LogP contribution >= 0.6 is 12.4 Å². The maximum absolute atomic E-state index is 12.7. The van der Waals surface area contributed by atoms with Crippen LogP contribution in [0.2, 0.25) is 0 Å². The van der Waals surface area contributed by atoms with E-state index >= 15 is 0 Å². The molecule has 122 valence electrons. The Labute approximate surface area is 135 Å². The molecule has 9 heteroatoms. The summed E-state index contributed by atoms with van der Waals surface area (Å²) in [6, 6.07) is 1.62. The van der Waals surface area contributed by atoms with Crippen molar-refractivity contribution in [3.05, 3.63) is 18.0 Å². The molecule has 1 aliphatic heterocycles. The molecule has 22 heavy (non-hydrogen) atoms. The SMILES string of the molecule is CCc1noc2ncc(S(=O)(=O)N3CCCNCC3)cc12.Cl. The quantitative estimate of drug-likeness (QED) is 0.898. The Morgan fingerprint density at radius 2 is 2.18 bits per heavy atom. The molecule has 0 amide bonds. The third kappa shape index (κ3) is 3.10. The second kappa shape index (κ2) is 6.91. The minimum atomic E-state index is -3.52. The van der Waals surface area contributed by atoms with E-state index in [9.17, 15) is 8.42 Å². The average molecular weight is 347 g/mol. The van der Waals surface area contributed by atoms with E-state index in [4.69, 9.17) is 4.52 Å². The van der Waals surface area contributed by atoms with Gasteiger partial charge in [-0.2, -0.15) is 4.31 Å². The Morgan fingerprint density at radius 3 is 2.95 bits per heavy atom. The number of aromatic nitrogens is 2. The molecule has 0 saturated carbocycles. The number of aryl methyl sites for hydroxylation is 1. The van der Waals surface area contributed by atoms with Crippen molar-refractivity contribution in [3.63, 3.8) is 0 Å². The first-order valence-corrected chi connectivity index (χ1v) is 8.52. The number of sulfonamides is 1. The molecule has 1 N–H and O–H groups in total. The van der Waals surface area contributed by atoms with E-state index < -0.39 is 10.0 Å². The molecule has 0 radical (unpaired) electrons. The minimum absolute atomic E-state index is 0. The first-order chi connectivity index (χ1) is 10.1. The van der Waals surface area contributed by atoms with Gasteiger partial charge in [-0.3, -0.25) is 0 Å². The van der Waals surface area contributed by atoms with Gasteiger partial charge in [0.2, 0.25) is 10.0 Å². The molecule has 0 unspecified atom stereocenters. The summed E-state index contributed by atoms with van der Waals surface area (Å²) in [7, 11) is -3.52. The van der Waals surface area contributed by atoms with Crippen molar-refractivity contribution in [1.29, 1.82) is 0 Å². The molecule has 0 bridgehead atoms. The Balaban J connectivity index is 0.00000176. The number of pyridine rings is 1. The fourth-order valence-electron chi connectivity index (χ4n) is 2.47. The van der Waals surface area contributed by atoms with Gasteiger partial charge in [0, 0.05) is 19.6 Å². The van der Waals surface area contributed by atoms with Gasteiger partial charge in [0.15, 0.2) is 0 Å². The highest BCUT2D eigenvalue weighted by Gasteiger charge is 2.26. The van der Waals surface area contributed by atoms with Crippen LogP contribution in [0.5, 0.6) is 0 Å². The van der Waals surface area contributed by atoms with Gasteiger partial charge < -0.3 is 9.84 Å². The summed E-state index contributed by atoms with van der Waals surface area (Å²) < 4.78 is 32.0. The Hall–Kier alpha value is -1.22. The molecule has 0 aromatic carbocycles. The highest BCUT2D eigenvalue weighted by molar-refractivity contribution is 7.89. The van der Waals surface area contributed by atoms with Crippen LogP contribution in [0.15, 0.2) is 21.7 Å². The number of hydrogen-bond acceptors (Lipinski definition) is 6. The monoisotopic (exact) mass is 346 g/mol. The number of fused-ring (bicyclic) bond motifs is 1. The zero-order valence-corrected chi connectivity index (χ0v) is 13.9. The van der Waals surface area contributed by atoms with E-state index in [0.29, 0.717) is 37.2 Å². The van der Waals surface area contributed by atoms with Crippen LogP contribution in [0.3, 0.4) is 0 Å². The van der Waals surface area contributed by atoms with E-state index in [-0.39, 0.29) is 17.3 Å². The Bertz CT molecular complexity index is 739. The molecule has 2 aromatic heterocycles. The van der Waals surface area contributed by atoms with Crippen LogP contribution in [-0.4, -0.2) is 49.0 Å². The Kier molecular flexibility index (Phi) is 5.38. The average Bonchev–Trinajstić information content (AvgIpc) is 2.70. The highest BCUT2D eigenvalue weighted by Crippen LogP contribution is 2.23. The molecule has 0 atom stereocenters. The lowest BCUT2D eigenvalue weighted by molar-refractivity contribution is 0.431. The second-order valence-electron chi connectivity index (χ2n) is 5.01. The van der Waals surface area contributed by atoms with E-state index in [1.165, 1.54) is 10.5 Å². The van der Waals surface area contributed by atoms with Gasteiger partial charge >= 0.3 is 0 Å². The van der Waals surface area contributed by atoms with E-state index in [1.807, 2.05) is 6.92 Å². The zero-order chi connectivity index (χ0) is 14.9. The lowest BCUT2D eigenvalue weighted by atomic mass is 10.2. The third-order valence-electron chi connectivity index (χ3n) is 3.65. The highest BCUT2D eigenvalue weighted by atomic mass is 35.5. The molecular weight excluding hydrogens is 328 g/mol. The maximum Gasteiger partial charge on any atom is 0.258 e. The molecule has 1 saturated heterocycles. The summed E-state index contributed by atoms with van der Waals surface area (Å²) in [5, 5.41) is 7.78. The van der Waals surface area contributed by atoms with Crippen LogP contribution < -0.4 is 5.32 Å². The zero-order valence-electron chi connectivity index (χ0n) is 12.3. The molecule has 3 heterocycles. The normalized spacial score (nSPS) is 17.1. The van der Waals surface area contributed by atoms with Gasteiger partial charge in [0.05, 0.1) is 17.3 Å². The molecular formula is C13H19ClN4O3S. The van der Waals surface area contributed by atoms with Gasteiger partial charge in [-0.15, -0.1) is 12.4 Å². The predicted molar refractivity (Wildman–Crippen MR) is 84.7 cm³/mol. The fourth-order valence-corrected chi connectivity index (χ4v) is 3.92. The van der Waals surface area contributed by atoms with Crippen LogP contribution in [0.4, 0.5) is 0 Å². The predicted octanol–water partition coefficient (Wildman–Crippen LogP) is 1.19. The Morgan fingerprint density at radius 1 is 1.36 bits per heavy atom. The number of hydrogen-bond donors (Lipinski definition) is 1. The number of rotatable bonds is 3. The molecule has 1 aliphatic rings. The van der Waals surface area contributed by atoms with Crippen LogP contribution in [-0.2, 0) is 16.4 Å². The van der Waals surface area contributed by atoms with Gasteiger partial charge in [-0.1, -0.05) is 12.1 Å². The topological polar surface area (TPSA) is 88.3 Å². The molecule has 3 rings (SSSR count). The van der Waals surface area contributed by atoms with E-state index in [1.54, 1.807) is 6.07 Å². The van der Waals surface area contributed by atoms with Crippen molar-refractivity contribution in [1.82, 2.24) is 19.8 Å². The first kappa shape index (κ1) is 17.1. The smallest absolute Gasteiger partial charge is 0.258 e. The summed E-state index contributed by atoms with van der Waals surface area (Å²) >= 11 is 0. The molecule has 0 aliphatic carbocycles. The second-order valence-corrected chi connectivity index (χ2v) is 6.95. The van der Waals surface area contributed by atoms with Gasteiger partial charge in [0.1, 0.15) is 4.90 Å². The van der Waals surface area contributed by atoms with E-state index in [2.05, 4.69) is 15.5 Å². The van der Waals surface area contributed by atoms with Crippen molar-refractivity contribution in [3.8, 4) is 0 Å². The van der Waals surface area contributed by atoms with E-state index in [0.717, 1.165) is 18.7 Å². The third-order valence-corrected chi connectivity index (χ3v) is 5.51.